The number of carbonyl (C=O) groups is 2. The van der Waals surface area contributed by atoms with Crippen LogP contribution in [0.5, 0.6) is 0 Å². The van der Waals surface area contributed by atoms with Gasteiger partial charge in [-0.05, 0) is 13.3 Å². The van der Waals surface area contributed by atoms with E-state index in [0.717, 1.165) is 12.1 Å². The Bertz CT molecular complexity index is 543. The fourth-order valence-corrected chi connectivity index (χ4v) is 2.65. The minimum atomic E-state index is -0.897. The molecule has 8 heteroatoms. The summed E-state index contributed by atoms with van der Waals surface area (Å²) >= 11 is 0. The number of aromatic nitrogens is 2. The van der Waals surface area contributed by atoms with Crippen LogP contribution in [0.1, 0.15) is 26.7 Å². The molecule has 0 saturated carbocycles. The number of carbonyl (C=O) groups excluding carboxylic acids is 2. The monoisotopic (exact) mass is 329 g/mol. The third-order valence-corrected chi connectivity index (χ3v) is 3.77. The highest BCUT2D eigenvalue weighted by Crippen LogP contribution is 2.19. The molecule has 22 heavy (non-hydrogen) atoms. The summed E-state index contributed by atoms with van der Waals surface area (Å²) in [6.45, 7) is 4.76. The maximum Gasteiger partial charge on any atom is 0.246 e. The number of nitrogens with two attached hydrogens (primary N) is 1. The fourth-order valence-electron chi connectivity index (χ4n) is 2.65. The summed E-state index contributed by atoms with van der Waals surface area (Å²) in [5, 5.41) is 4.07. The molecular formula is C14H24ClN5O2. The van der Waals surface area contributed by atoms with Gasteiger partial charge in [0.05, 0.1) is 17.4 Å². The molecule has 1 saturated heterocycles. The smallest absolute Gasteiger partial charge is 0.246 e. The van der Waals surface area contributed by atoms with Gasteiger partial charge in [-0.2, -0.15) is 5.10 Å². The molecule has 1 atom stereocenters. The molecule has 0 spiro atoms. The highest BCUT2D eigenvalue weighted by Gasteiger charge is 2.36. The van der Waals surface area contributed by atoms with Crippen LogP contribution in [0.25, 0.3) is 0 Å². The number of hydrogen-bond acceptors (Lipinski definition) is 4. The third kappa shape index (κ3) is 3.78. The van der Waals surface area contributed by atoms with Crippen molar-refractivity contribution in [2.75, 3.05) is 24.5 Å². The maximum atomic E-state index is 12.4. The number of amides is 2. The Morgan fingerprint density at radius 1 is 1.45 bits per heavy atom. The Morgan fingerprint density at radius 3 is 2.64 bits per heavy atom. The van der Waals surface area contributed by atoms with Crippen molar-refractivity contribution in [2.24, 2.45) is 12.8 Å². The molecule has 2 heterocycles. The standard InChI is InChI=1S/C14H23N5O2.ClH/c1-4-5-14(2,15)13(21)18-6-7-19(12(20)10-18)11-8-16-17(3)9-11;/h8-9H,4-7,10,15H2,1-3H3;1H. The zero-order chi connectivity index (χ0) is 15.6. The number of anilines is 1. The van der Waals surface area contributed by atoms with Crippen molar-refractivity contribution in [2.45, 2.75) is 32.2 Å². The quantitative estimate of drug-likeness (QED) is 0.873. The van der Waals surface area contributed by atoms with Gasteiger partial charge in [-0.1, -0.05) is 13.3 Å². The summed E-state index contributed by atoms with van der Waals surface area (Å²) in [5.74, 6) is -0.251. The molecule has 1 aliphatic rings. The van der Waals surface area contributed by atoms with E-state index in [0.29, 0.717) is 19.5 Å². The van der Waals surface area contributed by atoms with Crippen molar-refractivity contribution in [1.82, 2.24) is 14.7 Å². The van der Waals surface area contributed by atoms with Crippen LogP contribution >= 0.6 is 12.4 Å². The number of piperazine rings is 1. The molecule has 2 N–H and O–H groups in total. The Labute approximate surface area is 136 Å². The predicted octanol–water partition coefficient (Wildman–Crippen LogP) is 0.535. The number of rotatable bonds is 4. The molecular weight excluding hydrogens is 306 g/mol. The predicted molar refractivity (Wildman–Crippen MR) is 86.9 cm³/mol. The van der Waals surface area contributed by atoms with E-state index in [-0.39, 0.29) is 30.8 Å². The van der Waals surface area contributed by atoms with Gasteiger partial charge in [0.1, 0.15) is 6.54 Å². The molecule has 2 amide bonds. The normalized spacial score (nSPS) is 17.9. The van der Waals surface area contributed by atoms with Crippen LogP contribution in [-0.4, -0.2) is 51.7 Å². The number of hydrogen-bond donors (Lipinski definition) is 1. The van der Waals surface area contributed by atoms with Crippen molar-refractivity contribution in [3.05, 3.63) is 12.4 Å². The van der Waals surface area contributed by atoms with Crippen molar-refractivity contribution in [3.8, 4) is 0 Å². The maximum absolute atomic E-state index is 12.4. The lowest BCUT2D eigenvalue weighted by Gasteiger charge is -2.37. The summed E-state index contributed by atoms with van der Waals surface area (Å²) in [4.78, 5) is 27.9. The third-order valence-electron chi connectivity index (χ3n) is 3.77. The Balaban J connectivity index is 0.00000242. The van der Waals surface area contributed by atoms with Crippen molar-refractivity contribution in [1.29, 1.82) is 0 Å². The Hall–Kier alpha value is -1.60. The van der Waals surface area contributed by atoms with Gasteiger partial charge in [0.15, 0.2) is 0 Å². The van der Waals surface area contributed by atoms with E-state index in [1.54, 1.807) is 40.8 Å². The summed E-state index contributed by atoms with van der Waals surface area (Å²) in [6.07, 6.45) is 4.89. The first-order chi connectivity index (χ1) is 9.85. The van der Waals surface area contributed by atoms with E-state index in [2.05, 4.69) is 5.10 Å². The second-order valence-electron chi connectivity index (χ2n) is 5.81. The molecule has 0 radical (unpaired) electrons. The Kier molecular flexibility index (Phi) is 5.96. The van der Waals surface area contributed by atoms with Crippen LogP contribution in [-0.2, 0) is 16.6 Å². The molecule has 2 rings (SSSR count). The molecule has 1 aromatic rings. The van der Waals surface area contributed by atoms with Crippen molar-refractivity contribution in [3.63, 3.8) is 0 Å². The molecule has 7 nitrogen and oxygen atoms in total. The lowest BCUT2D eigenvalue weighted by atomic mass is 9.95. The largest absolute Gasteiger partial charge is 0.330 e. The summed E-state index contributed by atoms with van der Waals surface area (Å²) < 4.78 is 1.65. The van der Waals surface area contributed by atoms with Crippen LogP contribution in [0, 0.1) is 0 Å². The first kappa shape index (κ1) is 18.4. The Morgan fingerprint density at radius 2 is 2.14 bits per heavy atom. The van der Waals surface area contributed by atoms with Gasteiger partial charge >= 0.3 is 0 Å². The van der Waals surface area contributed by atoms with Crippen LogP contribution in [0.3, 0.4) is 0 Å². The molecule has 1 aliphatic heterocycles. The molecule has 0 aromatic carbocycles. The minimum absolute atomic E-state index is 0. The molecule has 0 aliphatic carbocycles. The summed E-state index contributed by atoms with van der Waals surface area (Å²) in [6, 6.07) is 0. The van der Waals surface area contributed by atoms with Gasteiger partial charge in [0, 0.05) is 26.3 Å². The van der Waals surface area contributed by atoms with Crippen molar-refractivity contribution < 1.29 is 9.59 Å². The average molecular weight is 330 g/mol. The zero-order valence-corrected chi connectivity index (χ0v) is 14.1. The highest BCUT2D eigenvalue weighted by atomic mass is 35.5. The molecule has 0 bridgehead atoms. The fraction of sp³-hybridized carbons (Fsp3) is 0.643. The van der Waals surface area contributed by atoms with Crippen LogP contribution in [0.2, 0.25) is 0 Å². The highest BCUT2D eigenvalue weighted by molar-refractivity contribution is 5.99. The molecule has 1 unspecified atom stereocenters. The SMILES string of the molecule is CCCC(C)(N)C(=O)N1CCN(c2cnn(C)c2)C(=O)C1.Cl. The van der Waals surface area contributed by atoms with Crippen molar-refractivity contribution >= 4 is 29.9 Å². The summed E-state index contributed by atoms with van der Waals surface area (Å²) in [7, 11) is 1.80. The van der Waals surface area contributed by atoms with Crippen LogP contribution in [0.4, 0.5) is 5.69 Å². The minimum Gasteiger partial charge on any atom is -0.330 e. The van der Waals surface area contributed by atoms with Gasteiger partial charge in [-0.25, -0.2) is 0 Å². The lowest BCUT2D eigenvalue weighted by molar-refractivity contribution is -0.141. The second kappa shape index (κ2) is 7.11. The van der Waals surface area contributed by atoms with Gasteiger partial charge in [-0.15, -0.1) is 12.4 Å². The van der Waals surface area contributed by atoms with Crippen LogP contribution < -0.4 is 10.6 Å². The average Bonchev–Trinajstić information content (AvgIpc) is 2.84. The van der Waals surface area contributed by atoms with E-state index < -0.39 is 5.54 Å². The van der Waals surface area contributed by atoms with Gasteiger partial charge in [-0.3, -0.25) is 14.3 Å². The lowest BCUT2D eigenvalue weighted by Crippen LogP contribution is -2.59. The van der Waals surface area contributed by atoms with Gasteiger partial charge in [0.25, 0.3) is 0 Å². The topological polar surface area (TPSA) is 84.5 Å². The van der Waals surface area contributed by atoms with E-state index in [1.165, 1.54) is 0 Å². The van der Waals surface area contributed by atoms with E-state index >= 15 is 0 Å². The number of halogens is 1. The molecule has 1 aromatic heterocycles. The van der Waals surface area contributed by atoms with E-state index in [1.807, 2.05) is 6.92 Å². The van der Waals surface area contributed by atoms with E-state index in [4.69, 9.17) is 5.73 Å². The zero-order valence-electron chi connectivity index (χ0n) is 13.3. The van der Waals surface area contributed by atoms with E-state index in [9.17, 15) is 9.59 Å². The van der Waals surface area contributed by atoms with Crippen LogP contribution in [0.15, 0.2) is 12.4 Å². The number of aryl methyl sites for hydroxylation is 1. The first-order valence-electron chi connectivity index (χ1n) is 7.22. The molecule has 124 valence electrons. The van der Waals surface area contributed by atoms with Gasteiger partial charge < -0.3 is 15.5 Å². The molecule has 1 fully saturated rings. The van der Waals surface area contributed by atoms with Gasteiger partial charge in [0.2, 0.25) is 11.8 Å². The second-order valence-corrected chi connectivity index (χ2v) is 5.81. The first-order valence-corrected chi connectivity index (χ1v) is 7.22. The number of nitrogens with zero attached hydrogens (tertiary/aromatic N) is 4. The summed E-state index contributed by atoms with van der Waals surface area (Å²) in [5.41, 5.74) is 5.93.